The summed E-state index contributed by atoms with van der Waals surface area (Å²) in [4.78, 5) is -0.478. The van der Waals surface area contributed by atoms with Crippen LogP contribution >= 0.6 is 33.4 Å². The molecule has 0 atom stereocenters. The number of sulfonamides is 2. The quantitative estimate of drug-likeness (QED) is 0.392. The number of nitrogens with one attached hydrogen (secondary N) is 1. The van der Waals surface area contributed by atoms with Crippen LogP contribution in [0.5, 0.6) is 0 Å². The van der Waals surface area contributed by atoms with Crippen molar-refractivity contribution in [3.63, 3.8) is 0 Å². The van der Waals surface area contributed by atoms with Gasteiger partial charge in [0.05, 0.1) is 35.8 Å². The number of ether oxygens (including phenoxy) is 1. The monoisotopic (exact) mass is 662 g/mol. The second-order valence-corrected chi connectivity index (χ2v) is 15.5. The van der Waals surface area contributed by atoms with Gasteiger partial charge in [0, 0.05) is 26.2 Å². The second kappa shape index (κ2) is 9.78. The molecule has 1 N–H and O–H groups in total. The van der Waals surface area contributed by atoms with E-state index in [4.69, 9.17) is 27.9 Å². The Kier molecular flexibility index (Phi) is 7.89. The number of nitriles is 1. The first-order valence-corrected chi connectivity index (χ1v) is 17.0. The maximum atomic E-state index is 13.4. The van der Waals surface area contributed by atoms with E-state index in [1.807, 2.05) is 4.90 Å². The summed E-state index contributed by atoms with van der Waals surface area (Å²) in [7, 11) is -19.5. The second-order valence-electron chi connectivity index (χ2n) is 8.38. The summed E-state index contributed by atoms with van der Waals surface area (Å²) >= 11 is 11.9. The Morgan fingerprint density at radius 1 is 1.08 bits per heavy atom. The fourth-order valence-corrected chi connectivity index (χ4v) is 8.11. The van der Waals surface area contributed by atoms with Gasteiger partial charge in [-0.25, -0.2) is 21.5 Å². The van der Waals surface area contributed by atoms with Crippen molar-refractivity contribution in [2.24, 2.45) is 0 Å². The Morgan fingerprint density at radius 2 is 1.59 bits per heavy atom. The van der Waals surface area contributed by atoms with E-state index in [2.05, 4.69) is 10.4 Å². The van der Waals surface area contributed by atoms with Gasteiger partial charge in [-0.1, -0.05) is 42.6 Å². The zero-order valence-corrected chi connectivity index (χ0v) is 24.0. The molecule has 1 aromatic heterocycles. The van der Waals surface area contributed by atoms with E-state index >= 15 is 0 Å². The third-order valence-electron chi connectivity index (χ3n) is 5.22. The van der Waals surface area contributed by atoms with Crippen molar-refractivity contribution >= 4 is 65.0 Å². The molecule has 1 saturated heterocycles. The highest BCUT2D eigenvalue weighted by Gasteiger charge is 2.65. The van der Waals surface area contributed by atoms with Crippen LogP contribution in [0.4, 0.5) is 30.9 Å². The normalized spacial score (nSPS) is 17.2. The van der Waals surface area contributed by atoms with Crippen LogP contribution in [-0.2, 0) is 24.8 Å². The van der Waals surface area contributed by atoms with Crippen molar-refractivity contribution in [3.05, 3.63) is 27.9 Å². The Balaban J connectivity index is 2.28. The van der Waals surface area contributed by atoms with Gasteiger partial charge < -0.3 is 10.1 Å². The Morgan fingerprint density at radius 3 is 2.03 bits per heavy atom. The molecule has 0 amide bonds. The number of benzene rings is 1. The molecule has 1 aliphatic heterocycles. The van der Waals surface area contributed by atoms with Crippen molar-refractivity contribution in [2.75, 3.05) is 60.9 Å². The standard InChI is InChI=1S/C18H21Cl2F5N6O5S3/c1-37(32,33)31(38(2,34)35)17-15(11-26)28-30(18(17)27-3-4-29-5-7-36-8-6-29)16-13(19)9-12(10-14(16)20)39(21,22,23,24)25/h9-10,27H,3-8H2,1-2H3. The first-order valence-electron chi connectivity index (χ1n) is 10.6. The maximum Gasteiger partial charge on any atom is 0.310 e. The Hall–Kier alpha value is -2.08. The minimum Gasteiger partial charge on any atom is -0.379 e. The number of rotatable bonds is 9. The smallest absolute Gasteiger partial charge is 0.310 e. The van der Waals surface area contributed by atoms with Crippen LogP contribution in [0.15, 0.2) is 17.0 Å². The molecular formula is C18H21Cl2F5N6O5S3. The van der Waals surface area contributed by atoms with Gasteiger partial charge in [-0.3, -0.25) is 4.90 Å². The van der Waals surface area contributed by atoms with Gasteiger partial charge in [-0.2, -0.15) is 14.1 Å². The SMILES string of the molecule is CS(=O)(=O)N(c1c(C#N)nn(-c2c(Cl)cc(S(F)(F)(F)(F)F)cc2Cl)c1NCCN1CCOCC1)S(C)(=O)=O. The number of nitrogens with zero attached hydrogens (tertiary/aromatic N) is 5. The average Bonchev–Trinajstić information content (AvgIpc) is 3.08. The summed E-state index contributed by atoms with van der Waals surface area (Å²) in [6.45, 7) is 2.19. The third-order valence-corrected chi connectivity index (χ3v) is 10.1. The Bertz CT molecular complexity index is 1500. The molecule has 0 bridgehead atoms. The van der Waals surface area contributed by atoms with Crippen LogP contribution < -0.4 is 9.03 Å². The zero-order valence-electron chi connectivity index (χ0n) is 20.0. The molecule has 0 saturated carbocycles. The lowest BCUT2D eigenvalue weighted by molar-refractivity contribution is 0.0398. The van der Waals surface area contributed by atoms with E-state index in [1.165, 1.54) is 6.07 Å². The summed E-state index contributed by atoms with van der Waals surface area (Å²) in [5.74, 6) is -0.514. The summed E-state index contributed by atoms with van der Waals surface area (Å²) in [5.41, 5.74) is -2.25. The summed E-state index contributed by atoms with van der Waals surface area (Å²) in [6, 6.07) is 1.33. The lowest BCUT2D eigenvalue weighted by Gasteiger charge is -2.40. The van der Waals surface area contributed by atoms with E-state index in [9.17, 15) is 41.5 Å². The number of halogens is 7. The lowest BCUT2D eigenvalue weighted by Crippen LogP contribution is -2.39. The Labute approximate surface area is 230 Å². The topological polar surface area (TPSA) is 138 Å². The highest BCUT2D eigenvalue weighted by atomic mass is 35.5. The number of anilines is 2. The highest BCUT2D eigenvalue weighted by Crippen LogP contribution is 3.02. The van der Waals surface area contributed by atoms with E-state index in [1.54, 1.807) is 0 Å². The van der Waals surface area contributed by atoms with Crippen LogP contribution in [-0.4, -0.2) is 83.4 Å². The first kappa shape index (κ1) is 31.4. The van der Waals surface area contributed by atoms with E-state index in [0.717, 1.165) is 0 Å². The molecule has 220 valence electrons. The van der Waals surface area contributed by atoms with Crippen molar-refractivity contribution in [2.45, 2.75) is 4.90 Å². The van der Waals surface area contributed by atoms with Gasteiger partial charge in [0.25, 0.3) is 0 Å². The number of aromatic nitrogens is 2. The number of hydrogen-bond acceptors (Lipinski definition) is 9. The molecular weight excluding hydrogens is 642 g/mol. The van der Waals surface area contributed by atoms with Gasteiger partial charge in [0.2, 0.25) is 20.0 Å². The van der Waals surface area contributed by atoms with Crippen LogP contribution in [0, 0.1) is 11.3 Å². The molecule has 11 nitrogen and oxygen atoms in total. The van der Waals surface area contributed by atoms with Crippen molar-refractivity contribution < 1.29 is 41.0 Å². The zero-order chi connectivity index (χ0) is 29.7. The minimum atomic E-state index is -10.2. The highest BCUT2D eigenvalue weighted by molar-refractivity contribution is 8.45. The first-order chi connectivity index (χ1) is 17.5. The molecule has 1 aromatic carbocycles. The maximum absolute atomic E-state index is 13.4. The summed E-state index contributed by atoms with van der Waals surface area (Å²) in [6.07, 6.45) is 1.07. The molecule has 1 aliphatic rings. The van der Waals surface area contributed by atoms with Gasteiger partial charge >= 0.3 is 10.2 Å². The van der Waals surface area contributed by atoms with Crippen molar-refractivity contribution in [3.8, 4) is 11.8 Å². The molecule has 0 radical (unpaired) electrons. The molecule has 2 heterocycles. The molecule has 0 unspecified atom stereocenters. The molecule has 1 fully saturated rings. The van der Waals surface area contributed by atoms with E-state index < -0.39 is 68.1 Å². The predicted molar refractivity (Wildman–Crippen MR) is 138 cm³/mol. The molecule has 0 spiro atoms. The number of hydrogen-bond donors (Lipinski definition) is 1. The predicted octanol–water partition coefficient (Wildman–Crippen LogP) is 4.18. The largest absolute Gasteiger partial charge is 0.379 e. The van der Waals surface area contributed by atoms with Crippen LogP contribution in [0.3, 0.4) is 0 Å². The minimum absolute atomic E-state index is 0.0241. The van der Waals surface area contributed by atoms with E-state index in [-0.39, 0.29) is 28.9 Å². The van der Waals surface area contributed by atoms with Gasteiger partial charge in [-0.05, 0) is 12.1 Å². The fraction of sp³-hybridized carbons (Fsp3) is 0.444. The van der Waals surface area contributed by atoms with Gasteiger partial charge in [0.15, 0.2) is 11.5 Å². The molecule has 0 aliphatic carbocycles. The van der Waals surface area contributed by atoms with Crippen LogP contribution in [0.1, 0.15) is 5.69 Å². The van der Waals surface area contributed by atoms with Crippen molar-refractivity contribution in [1.29, 1.82) is 5.26 Å². The third kappa shape index (κ3) is 7.17. The fourth-order valence-electron chi connectivity index (χ4n) is 3.68. The lowest BCUT2D eigenvalue weighted by atomic mass is 10.3. The number of morpholine rings is 1. The molecule has 3 rings (SSSR count). The van der Waals surface area contributed by atoms with Crippen LogP contribution in [0.25, 0.3) is 5.69 Å². The average molecular weight is 663 g/mol. The summed E-state index contributed by atoms with van der Waals surface area (Å²) < 4.78 is 123. The van der Waals surface area contributed by atoms with Gasteiger partial charge in [0.1, 0.15) is 22.3 Å². The van der Waals surface area contributed by atoms with Gasteiger partial charge in [-0.15, -0.1) is 0 Å². The molecule has 39 heavy (non-hydrogen) atoms. The summed E-state index contributed by atoms with van der Waals surface area (Å²) in [5, 5.41) is 14.2. The van der Waals surface area contributed by atoms with Crippen molar-refractivity contribution in [1.82, 2.24) is 14.7 Å². The van der Waals surface area contributed by atoms with Crippen LogP contribution in [0.2, 0.25) is 10.0 Å². The molecule has 21 heteroatoms. The molecule has 2 aromatic rings. The van der Waals surface area contributed by atoms with E-state index in [0.29, 0.717) is 43.5 Å².